The molecule has 0 aliphatic rings. The van der Waals surface area contributed by atoms with E-state index in [9.17, 15) is 0 Å². The van der Waals surface area contributed by atoms with Crippen LogP contribution in [-0.4, -0.2) is 22.0 Å². The molecular formula is C30H52N2O2S. The maximum absolute atomic E-state index is 6.06. The first-order valence-corrected chi connectivity index (χ1v) is 15.6. The first-order valence-electron chi connectivity index (χ1n) is 14.9. The Balaban J connectivity index is 1.54. The second-order valence-electron chi connectivity index (χ2n) is 10.1. The van der Waals surface area contributed by atoms with Crippen LogP contribution in [0.3, 0.4) is 0 Å². The average molecular weight is 505 g/mol. The molecule has 0 aliphatic heterocycles. The molecule has 0 spiro atoms. The van der Waals surface area contributed by atoms with Crippen molar-refractivity contribution in [3.8, 4) is 11.5 Å². The zero-order valence-corrected chi connectivity index (χ0v) is 23.6. The van der Waals surface area contributed by atoms with E-state index >= 15 is 0 Å². The SMILES string of the molecule is CCCCCCCCCCCCOc1ccc(OCCCCCCCCCCCC)c2nsnc12. The lowest BCUT2D eigenvalue weighted by atomic mass is 10.1. The average Bonchev–Trinajstić information content (AvgIpc) is 3.37. The fourth-order valence-corrected chi connectivity index (χ4v) is 5.15. The molecule has 1 aromatic heterocycles. The first kappa shape index (κ1) is 29.9. The highest BCUT2D eigenvalue weighted by Gasteiger charge is 2.12. The molecule has 2 rings (SSSR count). The Kier molecular flexibility index (Phi) is 17.7. The van der Waals surface area contributed by atoms with Gasteiger partial charge in [0.2, 0.25) is 0 Å². The van der Waals surface area contributed by atoms with E-state index < -0.39 is 0 Å². The van der Waals surface area contributed by atoms with Crippen LogP contribution < -0.4 is 9.47 Å². The topological polar surface area (TPSA) is 44.2 Å². The van der Waals surface area contributed by atoms with E-state index in [1.165, 1.54) is 127 Å². The molecule has 0 atom stereocenters. The molecule has 200 valence electrons. The molecule has 0 bridgehead atoms. The summed E-state index contributed by atoms with van der Waals surface area (Å²) in [6.07, 6.45) is 26.7. The van der Waals surface area contributed by atoms with Crippen LogP contribution in [0.4, 0.5) is 0 Å². The van der Waals surface area contributed by atoms with Gasteiger partial charge in [0, 0.05) is 0 Å². The summed E-state index contributed by atoms with van der Waals surface area (Å²) in [6, 6.07) is 4.02. The number of unbranched alkanes of at least 4 members (excludes halogenated alkanes) is 18. The number of ether oxygens (including phenoxy) is 2. The van der Waals surface area contributed by atoms with Crippen LogP contribution in [-0.2, 0) is 0 Å². The second kappa shape index (κ2) is 20.8. The third kappa shape index (κ3) is 13.5. The van der Waals surface area contributed by atoms with E-state index in [2.05, 4.69) is 22.6 Å². The van der Waals surface area contributed by atoms with Gasteiger partial charge in [-0.1, -0.05) is 129 Å². The van der Waals surface area contributed by atoms with Gasteiger partial charge >= 0.3 is 0 Å². The zero-order chi connectivity index (χ0) is 24.8. The molecule has 0 fully saturated rings. The smallest absolute Gasteiger partial charge is 0.150 e. The molecule has 0 amide bonds. The van der Waals surface area contributed by atoms with Crippen molar-refractivity contribution in [2.24, 2.45) is 0 Å². The number of nitrogens with zero attached hydrogens (tertiary/aromatic N) is 2. The normalized spacial score (nSPS) is 11.4. The third-order valence-electron chi connectivity index (χ3n) is 6.85. The summed E-state index contributed by atoms with van der Waals surface area (Å²) in [7, 11) is 0. The fourth-order valence-electron chi connectivity index (χ4n) is 4.60. The first-order chi connectivity index (χ1) is 17.4. The van der Waals surface area contributed by atoms with Gasteiger partial charge in [-0.3, -0.25) is 0 Å². The van der Waals surface area contributed by atoms with Crippen LogP contribution in [0, 0.1) is 0 Å². The van der Waals surface area contributed by atoms with Crippen LogP contribution in [0.25, 0.3) is 11.0 Å². The summed E-state index contributed by atoms with van der Waals surface area (Å²) in [5.74, 6) is 1.69. The Morgan fingerprint density at radius 2 is 0.800 bits per heavy atom. The molecule has 2 aromatic rings. The Bertz CT molecular complexity index is 689. The van der Waals surface area contributed by atoms with Crippen molar-refractivity contribution in [3.05, 3.63) is 12.1 Å². The van der Waals surface area contributed by atoms with Crippen LogP contribution in [0.1, 0.15) is 142 Å². The van der Waals surface area contributed by atoms with Crippen molar-refractivity contribution in [1.29, 1.82) is 0 Å². The highest BCUT2D eigenvalue weighted by Crippen LogP contribution is 2.32. The van der Waals surface area contributed by atoms with Crippen molar-refractivity contribution in [3.63, 3.8) is 0 Å². The van der Waals surface area contributed by atoms with Gasteiger partial charge in [0.25, 0.3) is 0 Å². The van der Waals surface area contributed by atoms with Crippen LogP contribution in [0.15, 0.2) is 12.1 Å². The largest absolute Gasteiger partial charge is 0.491 e. The molecule has 0 unspecified atom stereocenters. The van der Waals surface area contributed by atoms with E-state index in [0.29, 0.717) is 0 Å². The maximum Gasteiger partial charge on any atom is 0.150 e. The molecule has 0 saturated carbocycles. The summed E-state index contributed by atoms with van der Waals surface area (Å²) in [4.78, 5) is 0. The molecule has 1 aromatic carbocycles. The van der Waals surface area contributed by atoms with Crippen molar-refractivity contribution in [2.45, 2.75) is 142 Å². The molecular weight excluding hydrogens is 452 g/mol. The summed E-state index contributed by atoms with van der Waals surface area (Å²) in [5.41, 5.74) is 1.70. The quantitative estimate of drug-likeness (QED) is 0.133. The Hall–Kier alpha value is -1.36. The number of fused-ring (bicyclic) bond motifs is 1. The summed E-state index contributed by atoms with van der Waals surface area (Å²) in [6.45, 7) is 6.06. The lowest BCUT2D eigenvalue weighted by Crippen LogP contribution is -2.00. The highest BCUT2D eigenvalue weighted by atomic mass is 32.1. The van der Waals surface area contributed by atoms with Gasteiger partial charge in [0.05, 0.1) is 24.9 Å². The zero-order valence-electron chi connectivity index (χ0n) is 22.8. The van der Waals surface area contributed by atoms with Gasteiger partial charge in [-0.05, 0) is 25.0 Å². The minimum absolute atomic E-state index is 0.752. The van der Waals surface area contributed by atoms with E-state index in [0.717, 1.165) is 48.6 Å². The minimum atomic E-state index is 0.752. The van der Waals surface area contributed by atoms with E-state index in [1.54, 1.807) is 0 Å². The summed E-state index contributed by atoms with van der Waals surface area (Å²) < 4.78 is 21.1. The Morgan fingerprint density at radius 1 is 0.486 bits per heavy atom. The third-order valence-corrected chi connectivity index (χ3v) is 7.38. The molecule has 35 heavy (non-hydrogen) atoms. The number of rotatable bonds is 24. The second-order valence-corrected chi connectivity index (χ2v) is 10.6. The van der Waals surface area contributed by atoms with Crippen molar-refractivity contribution < 1.29 is 9.47 Å². The molecule has 0 aliphatic carbocycles. The molecule has 5 heteroatoms. The van der Waals surface area contributed by atoms with Crippen molar-refractivity contribution in [2.75, 3.05) is 13.2 Å². The van der Waals surface area contributed by atoms with Gasteiger partial charge in [0.1, 0.15) is 22.5 Å². The summed E-state index contributed by atoms with van der Waals surface area (Å²) in [5, 5.41) is 0. The number of aromatic nitrogens is 2. The number of hydrogen-bond donors (Lipinski definition) is 0. The molecule has 0 radical (unpaired) electrons. The fraction of sp³-hybridized carbons (Fsp3) is 0.800. The lowest BCUT2D eigenvalue weighted by molar-refractivity contribution is 0.300. The van der Waals surface area contributed by atoms with E-state index in [1.807, 2.05) is 12.1 Å². The number of benzene rings is 1. The van der Waals surface area contributed by atoms with Crippen LogP contribution in [0.5, 0.6) is 11.5 Å². The maximum atomic E-state index is 6.06. The lowest BCUT2D eigenvalue weighted by Gasteiger charge is -2.10. The van der Waals surface area contributed by atoms with E-state index in [-0.39, 0.29) is 0 Å². The molecule has 4 nitrogen and oxygen atoms in total. The summed E-state index contributed by atoms with van der Waals surface area (Å²) >= 11 is 1.24. The van der Waals surface area contributed by atoms with Crippen molar-refractivity contribution >= 4 is 22.8 Å². The van der Waals surface area contributed by atoms with Gasteiger partial charge in [-0.25, -0.2) is 0 Å². The standard InChI is InChI=1S/C30H52N2O2S/c1-3-5-7-9-11-13-15-17-19-21-25-33-27-23-24-28(30-29(27)31-35-32-30)34-26-22-20-18-16-14-12-10-8-6-4-2/h23-24H,3-22,25-26H2,1-2H3. The molecule has 1 heterocycles. The Labute approximate surface area is 219 Å². The van der Waals surface area contributed by atoms with Crippen LogP contribution >= 0.6 is 11.7 Å². The molecule has 0 saturated heterocycles. The number of hydrogen-bond acceptors (Lipinski definition) is 5. The predicted octanol–water partition coefficient (Wildman–Crippen LogP) is 10.3. The Morgan fingerprint density at radius 3 is 1.14 bits per heavy atom. The minimum Gasteiger partial charge on any atom is -0.491 e. The van der Waals surface area contributed by atoms with Crippen LogP contribution in [0.2, 0.25) is 0 Å². The highest BCUT2D eigenvalue weighted by molar-refractivity contribution is 7.00. The predicted molar refractivity (Wildman–Crippen MR) is 152 cm³/mol. The van der Waals surface area contributed by atoms with Gasteiger partial charge in [-0.2, -0.15) is 8.75 Å². The molecule has 0 N–H and O–H groups in total. The van der Waals surface area contributed by atoms with Crippen molar-refractivity contribution in [1.82, 2.24) is 8.75 Å². The van der Waals surface area contributed by atoms with E-state index in [4.69, 9.17) is 9.47 Å². The van der Waals surface area contributed by atoms with Gasteiger partial charge < -0.3 is 9.47 Å². The monoisotopic (exact) mass is 504 g/mol. The van der Waals surface area contributed by atoms with Gasteiger partial charge in [0.15, 0.2) is 0 Å². The van der Waals surface area contributed by atoms with Gasteiger partial charge in [-0.15, -0.1) is 0 Å².